The molecular weight excluding hydrogens is 226 g/mol. The van der Waals surface area contributed by atoms with Crippen LogP contribution in [-0.4, -0.2) is 5.11 Å². The van der Waals surface area contributed by atoms with E-state index in [4.69, 9.17) is 15.6 Å². The number of aliphatic hydroxyl groups is 1. The molecule has 0 aliphatic heterocycles. The average Bonchev–Trinajstić information content (AvgIpc) is 2.40. The lowest BCUT2D eigenvalue weighted by Crippen LogP contribution is -1.98. The van der Waals surface area contributed by atoms with Gasteiger partial charge in [-0.15, -0.1) is 0 Å². The molecule has 3 nitrogen and oxygen atoms in total. The van der Waals surface area contributed by atoms with Crippen LogP contribution in [0, 0.1) is 6.92 Å². The lowest BCUT2D eigenvalue weighted by Gasteiger charge is -2.09. The Hall–Kier alpha value is -1.84. The van der Waals surface area contributed by atoms with Gasteiger partial charge in [-0.2, -0.15) is 0 Å². The molecular formula is C15H17NO2. The summed E-state index contributed by atoms with van der Waals surface area (Å²) < 4.78 is 5.74. The highest BCUT2D eigenvalue weighted by Gasteiger charge is 2.01. The molecule has 3 heteroatoms. The maximum atomic E-state index is 8.96. The van der Waals surface area contributed by atoms with Gasteiger partial charge in [0.25, 0.3) is 0 Å². The second-order valence-electron chi connectivity index (χ2n) is 4.20. The van der Waals surface area contributed by atoms with Gasteiger partial charge in [-0.1, -0.05) is 18.2 Å². The standard InChI is InChI=1S/C15H17NO2/c1-11-8-15(7-4-13(11)9-16)18-14-5-2-12(10-17)3-6-14/h2-8,17H,9-10,16H2,1H3. The summed E-state index contributed by atoms with van der Waals surface area (Å²) in [6.07, 6.45) is 0. The number of benzene rings is 2. The Labute approximate surface area is 107 Å². The summed E-state index contributed by atoms with van der Waals surface area (Å²) in [6.45, 7) is 2.60. The van der Waals surface area contributed by atoms with Gasteiger partial charge in [0.1, 0.15) is 11.5 Å². The Morgan fingerprint density at radius 1 is 1.06 bits per heavy atom. The van der Waals surface area contributed by atoms with Crippen molar-refractivity contribution in [3.8, 4) is 11.5 Å². The molecule has 0 aliphatic carbocycles. The van der Waals surface area contributed by atoms with Crippen molar-refractivity contribution in [1.29, 1.82) is 0 Å². The SMILES string of the molecule is Cc1cc(Oc2ccc(CO)cc2)ccc1CN. The summed E-state index contributed by atoms with van der Waals surface area (Å²) >= 11 is 0. The third-order valence-corrected chi connectivity index (χ3v) is 2.88. The van der Waals surface area contributed by atoms with Gasteiger partial charge in [-0.3, -0.25) is 0 Å². The number of nitrogens with two attached hydrogens (primary N) is 1. The van der Waals surface area contributed by atoms with Crippen LogP contribution in [0.3, 0.4) is 0 Å². The van der Waals surface area contributed by atoms with Crippen molar-refractivity contribution in [1.82, 2.24) is 0 Å². The largest absolute Gasteiger partial charge is 0.457 e. The van der Waals surface area contributed by atoms with Gasteiger partial charge in [-0.05, 0) is 47.9 Å². The third kappa shape index (κ3) is 2.88. The number of hydrogen-bond acceptors (Lipinski definition) is 3. The van der Waals surface area contributed by atoms with Gasteiger partial charge in [-0.25, -0.2) is 0 Å². The van der Waals surface area contributed by atoms with Gasteiger partial charge in [0.2, 0.25) is 0 Å². The van der Waals surface area contributed by atoms with E-state index in [2.05, 4.69) is 0 Å². The van der Waals surface area contributed by atoms with Crippen molar-refractivity contribution in [2.24, 2.45) is 5.73 Å². The zero-order valence-electron chi connectivity index (χ0n) is 10.4. The minimum Gasteiger partial charge on any atom is -0.457 e. The number of rotatable bonds is 4. The average molecular weight is 243 g/mol. The molecule has 3 N–H and O–H groups in total. The number of ether oxygens (including phenoxy) is 1. The fourth-order valence-corrected chi connectivity index (χ4v) is 1.76. The predicted molar refractivity (Wildman–Crippen MR) is 71.5 cm³/mol. The molecule has 0 fully saturated rings. The molecule has 0 amide bonds. The van der Waals surface area contributed by atoms with Crippen molar-refractivity contribution in [2.75, 3.05) is 0 Å². The fraction of sp³-hybridized carbons (Fsp3) is 0.200. The first-order chi connectivity index (χ1) is 8.72. The van der Waals surface area contributed by atoms with Crippen LogP contribution >= 0.6 is 0 Å². The van der Waals surface area contributed by atoms with E-state index in [1.165, 1.54) is 0 Å². The van der Waals surface area contributed by atoms with Crippen LogP contribution in [0.5, 0.6) is 11.5 Å². The zero-order valence-corrected chi connectivity index (χ0v) is 10.4. The predicted octanol–water partition coefficient (Wildman–Crippen LogP) is 2.74. The van der Waals surface area contributed by atoms with Crippen LogP contribution in [0.2, 0.25) is 0 Å². The normalized spacial score (nSPS) is 10.4. The van der Waals surface area contributed by atoms with E-state index in [9.17, 15) is 0 Å². The van der Waals surface area contributed by atoms with Crippen LogP contribution < -0.4 is 10.5 Å². The molecule has 0 aliphatic rings. The van der Waals surface area contributed by atoms with Crippen LogP contribution in [-0.2, 0) is 13.2 Å². The van der Waals surface area contributed by atoms with Crippen molar-refractivity contribution in [3.63, 3.8) is 0 Å². The molecule has 2 rings (SSSR count). The lowest BCUT2D eigenvalue weighted by atomic mass is 10.1. The molecule has 0 radical (unpaired) electrons. The molecule has 0 bridgehead atoms. The first-order valence-corrected chi connectivity index (χ1v) is 5.90. The summed E-state index contributed by atoms with van der Waals surface area (Å²) in [4.78, 5) is 0. The molecule has 0 spiro atoms. The van der Waals surface area contributed by atoms with E-state index in [-0.39, 0.29) is 6.61 Å². The number of aliphatic hydroxyl groups excluding tert-OH is 1. The second-order valence-corrected chi connectivity index (χ2v) is 4.20. The van der Waals surface area contributed by atoms with Gasteiger partial charge < -0.3 is 15.6 Å². The van der Waals surface area contributed by atoms with E-state index >= 15 is 0 Å². The Morgan fingerprint density at radius 3 is 2.28 bits per heavy atom. The van der Waals surface area contributed by atoms with Crippen molar-refractivity contribution in [3.05, 3.63) is 59.2 Å². The third-order valence-electron chi connectivity index (χ3n) is 2.88. The summed E-state index contributed by atoms with van der Waals surface area (Å²) in [6, 6.07) is 13.2. The Morgan fingerprint density at radius 2 is 1.72 bits per heavy atom. The quantitative estimate of drug-likeness (QED) is 0.868. The summed E-state index contributed by atoms with van der Waals surface area (Å²) in [5, 5.41) is 8.96. The summed E-state index contributed by atoms with van der Waals surface area (Å²) in [7, 11) is 0. The Balaban J connectivity index is 2.15. The van der Waals surface area contributed by atoms with Gasteiger partial charge in [0, 0.05) is 6.54 Å². The van der Waals surface area contributed by atoms with E-state index in [0.717, 1.165) is 28.2 Å². The Bertz CT molecular complexity index is 521. The minimum atomic E-state index is 0.0462. The molecule has 2 aromatic rings. The van der Waals surface area contributed by atoms with Crippen LogP contribution in [0.15, 0.2) is 42.5 Å². The molecule has 0 heterocycles. The molecule has 18 heavy (non-hydrogen) atoms. The van der Waals surface area contributed by atoms with Crippen molar-refractivity contribution < 1.29 is 9.84 Å². The number of hydrogen-bond donors (Lipinski definition) is 2. The monoisotopic (exact) mass is 243 g/mol. The van der Waals surface area contributed by atoms with Crippen LogP contribution in [0.4, 0.5) is 0 Å². The van der Waals surface area contributed by atoms with E-state index < -0.39 is 0 Å². The molecule has 94 valence electrons. The highest BCUT2D eigenvalue weighted by molar-refractivity contribution is 5.38. The van der Waals surface area contributed by atoms with Crippen LogP contribution in [0.25, 0.3) is 0 Å². The first kappa shape index (κ1) is 12.6. The maximum Gasteiger partial charge on any atom is 0.127 e. The van der Waals surface area contributed by atoms with Gasteiger partial charge in [0.05, 0.1) is 6.61 Å². The Kier molecular flexibility index (Phi) is 3.97. The van der Waals surface area contributed by atoms with Crippen molar-refractivity contribution in [2.45, 2.75) is 20.1 Å². The summed E-state index contributed by atoms with van der Waals surface area (Å²) in [5.41, 5.74) is 8.74. The van der Waals surface area contributed by atoms with Crippen LogP contribution in [0.1, 0.15) is 16.7 Å². The topological polar surface area (TPSA) is 55.5 Å². The van der Waals surface area contributed by atoms with E-state index in [0.29, 0.717) is 6.54 Å². The molecule has 0 atom stereocenters. The van der Waals surface area contributed by atoms with E-state index in [1.807, 2.05) is 49.4 Å². The molecule has 0 aromatic heterocycles. The minimum absolute atomic E-state index is 0.0462. The second kappa shape index (κ2) is 5.67. The smallest absolute Gasteiger partial charge is 0.127 e. The van der Waals surface area contributed by atoms with Crippen molar-refractivity contribution >= 4 is 0 Å². The maximum absolute atomic E-state index is 8.96. The fourth-order valence-electron chi connectivity index (χ4n) is 1.76. The molecule has 0 saturated heterocycles. The molecule has 0 unspecified atom stereocenters. The molecule has 2 aromatic carbocycles. The highest BCUT2D eigenvalue weighted by atomic mass is 16.5. The highest BCUT2D eigenvalue weighted by Crippen LogP contribution is 2.24. The first-order valence-electron chi connectivity index (χ1n) is 5.90. The van der Waals surface area contributed by atoms with Gasteiger partial charge >= 0.3 is 0 Å². The number of aryl methyl sites for hydroxylation is 1. The lowest BCUT2D eigenvalue weighted by molar-refractivity contribution is 0.281. The van der Waals surface area contributed by atoms with Gasteiger partial charge in [0.15, 0.2) is 0 Å². The summed E-state index contributed by atoms with van der Waals surface area (Å²) in [5.74, 6) is 1.55. The molecule has 0 saturated carbocycles. The zero-order chi connectivity index (χ0) is 13.0. The van der Waals surface area contributed by atoms with E-state index in [1.54, 1.807) is 0 Å².